The van der Waals surface area contributed by atoms with Crippen LogP contribution in [0.15, 0.2) is 6.07 Å². The van der Waals surface area contributed by atoms with Crippen molar-refractivity contribution in [2.45, 2.75) is 53.0 Å². The van der Waals surface area contributed by atoms with Gasteiger partial charge in [-0.3, -0.25) is 4.68 Å². The molecule has 1 aromatic rings. The molecule has 0 aliphatic rings. The fourth-order valence-electron chi connectivity index (χ4n) is 1.78. The van der Waals surface area contributed by atoms with Crippen LogP contribution in [0.5, 0.6) is 0 Å². The fraction of sp³-hybridized carbons (Fsp3) is 0.769. The van der Waals surface area contributed by atoms with E-state index in [4.69, 9.17) is 0 Å². The number of aryl methyl sites for hydroxylation is 2. The molecule has 0 spiro atoms. The second kappa shape index (κ2) is 7.44. The summed E-state index contributed by atoms with van der Waals surface area (Å²) in [5, 5.41) is 8.05. The molecule has 0 bridgehead atoms. The average Bonchev–Trinajstić information content (AvgIpc) is 2.71. The van der Waals surface area contributed by atoms with Crippen LogP contribution in [0, 0.1) is 0 Å². The lowest BCUT2D eigenvalue weighted by Crippen LogP contribution is -2.22. The van der Waals surface area contributed by atoms with Gasteiger partial charge in [-0.15, -0.1) is 0 Å². The van der Waals surface area contributed by atoms with E-state index in [0.29, 0.717) is 0 Å². The van der Waals surface area contributed by atoms with Crippen LogP contribution in [0.1, 0.15) is 45.0 Å². The molecule has 0 fully saturated rings. The maximum Gasteiger partial charge on any atom is 0.0624 e. The Labute approximate surface area is 99.2 Å². The van der Waals surface area contributed by atoms with Gasteiger partial charge in [0.15, 0.2) is 0 Å². The van der Waals surface area contributed by atoms with Crippen molar-refractivity contribution in [3.8, 4) is 0 Å². The van der Waals surface area contributed by atoms with Crippen molar-refractivity contribution in [1.82, 2.24) is 15.1 Å². The van der Waals surface area contributed by atoms with Crippen LogP contribution >= 0.6 is 0 Å². The lowest BCUT2D eigenvalue weighted by Gasteiger charge is -2.07. The summed E-state index contributed by atoms with van der Waals surface area (Å²) in [5.41, 5.74) is 2.57. The Morgan fingerprint density at radius 2 is 2.00 bits per heavy atom. The van der Waals surface area contributed by atoms with Crippen molar-refractivity contribution in [3.63, 3.8) is 0 Å². The molecule has 3 nitrogen and oxygen atoms in total. The number of aromatic nitrogens is 2. The Morgan fingerprint density at radius 1 is 1.19 bits per heavy atom. The first-order valence-electron chi connectivity index (χ1n) is 6.58. The molecule has 0 aromatic carbocycles. The van der Waals surface area contributed by atoms with Crippen LogP contribution in [-0.2, 0) is 19.4 Å². The summed E-state index contributed by atoms with van der Waals surface area (Å²) in [6.45, 7) is 9.71. The van der Waals surface area contributed by atoms with Gasteiger partial charge in [-0.25, -0.2) is 0 Å². The van der Waals surface area contributed by atoms with Crippen molar-refractivity contribution in [3.05, 3.63) is 17.5 Å². The van der Waals surface area contributed by atoms with Crippen LogP contribution < -0.4 is 5.32 Å². The van der Waals surface area contributed by atoms with Gasteiger partial charge in [0.25, 0.3) is 0 Å². The van der Waals surface area contributed by atoms with Crippen LogP contribution in [0.3, 0.4) is 0 Å². The minimum atomic E-state index is 0.993. The quantitative estimate of drug-likeness (QED) is 0.686. The maximum absolute atomic E-state index is 4.59. The van der Waals surface area contributed by atoms with Crippen LogP contribution in [0.25, 0.3) is 0 Å². The lowest BCUT2D eigenvalue weighted by molar-refractivity contribution is 0.528. The number of hydrogen-bond acceptors (Lipinski definition) is 2. The minimum absolute atomic E-state index is 0.993. The van der Waals surface area contributed by atoms with Gasteiger partial charge < -0.3 is 5.32 Å². The van der Waals surface area contributed by atoms with Gasteiger partial charge in [0.1, 0.15) is 0 Å². The standard InChI is InChI=1S/C13H25N3/c1-4-7-8-14-9-10-16-13(6-3)11-12(5-2)15-16/h11,14H,4-10H2,1-3H3. The molecule has 0 saturated carbocycles. The van der Waals surface area contributed by atoms with E-state index in [1.54, 1.807) is 0 Å². The van der Waals surface area contributed by atoms with Crippen LogP contribution in [-0.4, -0.2) is 22.9 Å². The first-order chi connectivity index (χ1) is 7.81. The second-order valence-electron chi connectivity index (χ2n) is 4.16. The fourth-order valence-corrected chi connectivity index (χ4v) is 1.78. The molecule has 0 amide bonds. The summed E-state index contributed by atoms with van der Waals surface area (Å²) < 4.78 is 2.15. The third-order valence-corrected chi connectivity index (χ3v) is 2.85. The molecule has 16 heavy (non-hydrogen) atoms. The maximum atomic E-state index is 4.59. The van der Waals surface area contributed by atoms with Crippen LogP contribution in [0.4, 0.5) is 0 Å². The molecular formula is C13H25N3. The van der Waals surface area contributed by atoms with E-state index in [0.717, 1.165) is 32.5 Å². The smallest absolute Gasteiger partial charge is 0.0624 e. The molecule has 0 radical (unpaired) electrons. The minimum Gasteiger partial charge on any atom is -0.315 e. The third kappa shape index (κ3) is 3.97. The first-order valence-corrected chi connectivity index (χ1v) is 6.58. The highest BCUT2D eigenvalue weighted by atomic mass is 15.3. The Bertz CT molecular complexity index is 291. The van der Waals surface area contributed by atoms with E-state index in [1.165, 1.54) is 24.2 Å². The Kier molecular flexibility index (Phi) is 6.16. The number of nitrogens with zero attached hydrogens (tertiary/aromatic N) is 2. The number of rotatable bonds is 8. The van der Waals surface area contributed by atoms with Crippen molar-refractivity contribution < 1.29 is 0 Å². The van der Waals surface area contributed by atoms with Gasteiger partial charge >= 0.3 is 0 Å². The highest BCUT2D eigenvalue weighted by Crippen LogP contribution is 2.05. The van der Waals surface area contributed by atoms with Crippen LogP contribution in [0.2, 0.25) is 0 Å². The highest BCUT2D eigenvalue weighted by Gasteiger charge is 2.04. The summed E-state index contributed by atoms with van der Waals surface area (Å²) in [6, 6.07) is 2.23. The molecular weight excluding hydrogens is 198 g/mol. The molecule has 0 unspecified atom stereocenters. The summed E-state index contributed by atoms with van der Waals surface area (Å²) in [5.74, 6) is 0. The Balaban J connectivity index is 2.37. The van der Waals surface area contributed by atoms with Gasteiger partial charge in [0, 0.05) is 12.2 Å². The molecule has 1 heterocycles. The van der Waals surface area contributed by atoms with Gasteiger partial charge in [-0.1, -0.05) is 27.2 Å². The molecule has 92 valence electrons. The molecule has 3 heteroatoms. The average molecular weight is 223 g/mol. The van der Waals surface area contributed by atoms with Gasteiger partial charge in [-0.2, -0.15) is 5.10 Å². The largest absolute Gasteiger partial charge is 0.315 e. The molecule has 0 aliphatic heterocycles. The monoisotopic (exact) mass is 223 g/mol. The van der Waals surface area contributed by atoms with Crippen molar-refractivity contribution in [2.75, 3.05) is 13.1 Å². The zero-order chi connectivity index (χ0) is 11.8. The molecule has 1 rings (SSSR count). The van der Waals surface area contributed by atoms with E-state index in [2.05, 4.69) is 41.9 Å². The van der Waals surface area contributed by atoms with Crippen molar-refractivity contribution in [1.29, 1.82) is 0 Å². The molecule has 0 atom stereocenters. The van der Waals surface area contributed by atoms with E-state index < -0.39 is 0 Å². The molecule has 0 aliphatic carbocycles. The van der Waals surface area contributed by atoms with E-state index in [-0.39, 0.29) is 0 Å². The summed E-state index contributed by atoms with van der Waals surface area (Å²) in [6.07, 6.45) is 4.63. The Morgan fingerprint density at radius 3 is 2.62 bits per heavy atom. The van der Waals surface area contributed by atoms with E-state index in [1.807, 2.05) is 0 Å². The summed E-state index contributed by atoms with van der Waals surface area (Å²) in [4.78, 5) is 0. The summed E-state index contributed by atoms with van der Waals surface area (Å²) >= 11 is 0. The number of nitrogens with one attached hydrogen (secondary N) is 1. The predicted octanol–water partition coefficient (Wildman–Crippen LogP) is 2.40. The van der Waals surface area contributed by atoms with Crippen molar-refractivity contribution in [2.24, 2.45) is 0 Å². The van der Waals surface area contributed by atoms with Gasteiger partial charge in [0.05, 0.1) is 12.2 Å². The molecule has 1 aromatic heterocycles. The van der Waals surface area contributed by atoms with E-state index >= 15 is 0 Å². The Hall–Kier alpha value is -0.830. The molecule has 1 N–H and O–H groups in total. The van der Waals surface area contributed by atoms with Gasteiger partial charge in [0.2, 0.25) is 0 Å². The van der Waals surface area contributed by atoms with Gasteiger partial charge in [-0.05, 0) is 31.9 Å². The zero-order valence-corrected chi connectivity index (χ0v) is 10.9. The first kappa shape index (κ1) is 13.2. The number of unbranched alkanes of at least 4 members (excludes halogenated alkanes) is 1. The zero-order valence-electron chi connectivity index (χ0n) is 10.9. The second-order valence-corrected chi connectivity index (χ2v) is 4.16. The highest BCUT2D eigenvalue weighted by molar-refractivity contribution is 5.10. The topological polar surface area (TPSA) is 29.9 Å². The SMILES string of the molecule is CCCCNCCn1nc(CC)cc1CC. The summed E-state index contributed by atoms with van der Waals surface area (Å²) in [7, 11) is 0. The third-order valence-electron chi connectivity index (χ3n) is 2.85. The van der Waals surface area contributed by atoms with Crippen molar-refractivity contribution >= 4 is 0 Å². The lowest BCUT2D eigenvalue weighted by atomic mass is 10.2. The predicted molar refractivity (Wildman–Crippen MR) is 68.8 cm³/mol. The van der Waals surface area contributed by atoms with E-state index in [9.17, 15) is 0 Å². The molecule has 0 saturated heterocycles. The normalized spacial score (nSPS) is 10.9. The number of hydrogen-bond donors (Lipinski definition) is 1.